The standard InChI is InChI=1S/C12H14FN3O2S/c13-12-4-3-11(6-9(12)7-14)19(17,18)16-5-1-2-10(15)8-16/h3-4,6,10H,1-2,5,8,15H2. The maximum absolute atomic E-state index is 13.2. The Bertz CT molecular complexity index is 624. The molecule has 0 radical (unpaired) electrons. The molecule has 0 saturated carbocycles. The Hall–Kier alpha value is -1.49. The lowest BCUT2D eigenvalue weighted by atomic mass is 10.1. The fourth-order valence-electron chi connectivity index (χ4n) is 2.09. The SMILES string of the molecule is N#Cc1cc(S(=O)(=O)N2CCCC(N)C2)ccc1F. The first-order valence-corrected chi connectivity index (χ1v) is 7.34. The summed E-state index contributed by atoms with van der Waals surface area (Å²) in [4.78, 5) is -0.0699. The van der Waals surface area contributed by atoms with Crippen LogP contribution in [0.4, 0.5) is 4.39 Å². The molecule has 1 saturated heterocycles. The number of benzene rings is 1. The van der Waals surface area contributed by atoms with E-state index in [4.69, 9.17) is 11.0 Å². The van der Waals surface area contributed by atoms with Gasteiger partial charge in [-0.05, 0) is 31.0 Å². The second kappa shape index (κ2) is 5.25. The number of halogens is 1. The first-order chi connectivity index (χ1) is 8.95. The molecule has 1 aromatic rings. The summed E-state index contributed by atoms with van der Waals surface area (Å²) < 4.78 is 39.2. The van der Waals surface area contributed by atoms with Gasteiger partial charge in [0.1, 0.15) is 11.9 Å². The first kappa shape index (κ1) is 13.9. The number of hydrogen-bond donors (Lipinski definition) is 1. The topological polar surface area (TPSA) is 87.2 Å². The van der Waals surface area contributed by atoms with Crippen LogP contribution in [0.3, 0.4) is 0 Å². The maximum atomic E-state index is 13.2. The summed E-state index contributed by atoms with van der Waals surface area (Å²) in [6.45, 7) is 0.650. The van der Waals surface area contributed by atoms with Crippen LogP contribution in [-0.2, 0) is 10.0 Å². The zero-order valence-electron chi connectivity index (χ0n) is 10.2. The maximum Gasteiger partial charge on any atom is 0.243 e. The van der Waals surface area contributed by atoms with E-state index in [9.17, 15) is 12.8 Å². The minimum Gasteiger partial charge on any atom is -0.327 e. The molecule has 5 nitrogen and oxygen atoms in total. The molecular formula is C12H14FN3O2S. The molecule has 1 aromatic carbocycles. The molecule has 19 heavy (non-hydrogen) atoms. The number of piperidine rings is 1. The van der Waals surface area contributed by atoms with E-state index in [1.807, 2.05) is 0 Å². The average Bonchev–Trinajstić information content (AvgIpc) is 2.39. The predicted octanol–water partition coefficient (Wildman–Crippen LogP) is 0.809. The highest BCUT2D eigenvalue weighted by atomic mass is 32.2. The third-order valence-corrected chi connectivity index (χ3v) is 4.98. The smallest absolute Gasteiger partial charge is 0.243 e. The van der Waals surface area contributed by atoms with E-state index < -0.39 is 15.8 Å². The van der Waals surface area contributed by atoms with Crippen molar-refractivity contribution in [3.05, 3.63) is 29.6 Å². The van der Waals surface area contributed by atoms with E-state index in [1.54, 1.807) is 6.07 Å². The van der Waals surface area contributed by atoms with Crippen molar-refractivity contribution in [2.75, 3.05) is 13.1 Å². The van der Waals surface area contributed by atoms with Crippen molar-refractivity contribution in [1.29, 1.82) is 5.26 Å². The van der Waals surface area contributed by atoms with E-state index in [-0.39, 0.29) is 23.0 Å². The monoisotopic (exact) mass is 283 g/mol. The lowest BCUT2D eigenvalue weighted by Gasteiger charge is -2.29. The van der Waals surface area contributed by atoms with Gasteiger partial charge >= 0.3 is 0 Å². The van der Waals surface area contributed by atoms with Crippen LogP contribution < -0.4 is 5.73 Å². The third kappa shape index (κ3) is 2.76. The van der Waals surface area contributed by atoms with Crippen LogP contribution in [0.5, 0.6) is 0 Å². The minimum atomic E-state index is -3.71. The summed E-state index contributed by atoms with van der Waals surface area (Å²) in [7, 11) is -3.71. The summed E-state index contributed by atoms with van der Waals surface area (Å²) >= 11 is 0. The molecule has 2 N–H and O–H groups in total. The molecule has 2 rings (SSSR count). The molecular weight excluding hydrogens is 269 g/mol. The van der Waals surface area contributed by atoms with Crippen molar-refractivity contribution >= 4 is 10.0 Å². The van der Waals surface area contributed by atoms with Crippen LogP contribution in [0, 0.1) is 17.1 Å². The van der Waals surface area contributed by atoms with Gasteiger partial charge in [0.15, 0.2) is 0 Å². The fourth-order valence-corrected chi connectivity index (χ4v) is 3.65. The number of sulfonamides is 1. The predicted molar refractivity (Wildman–Crippen MR) is 67.1 cm³/mol. The Morgan fingerprint density at radius 3 is 2.84 bits per heavy atom. The summed E-state index contributed by atoms with van der Waals surface area (Å²) in [6, 6.07) is 4.68. The molecule has 1 aliphatic rings. The summed E-state index contributed by atoms with van der Waals surface area (Å²) in [6.07, 6.45) is 1.49. The van der Waals surface area contributed by atoms with Crippen LogP contribution in [-0.4, -0.2) is 31.9 Å². The molecule has 1 unspecified atom stereocenters. The molecule has 7 heteroatoms. The lowest BCUT2D eigenvalue weighted by molar-refractivity contribution is 0.316. The zero-order valence-corrected chi connectivity index (χ0v) is 11.0. The largest absolute Gasteiger partial charge is 0.327 e. The molecule has 1 aliphatic heterocycles. The normalized spacial score (nSPS) is 21.0. The highest BCUT2D eigenvalue weighted by molar-refractivity contribution is 7.89. The van der Waals surface area contributed by atoms with Crippen LogP contribution in [0.15, 0.2) is 23.1 Å². The Morgan fingerprint density at radius 2 is 2.21 bits per heavy atom. The van der Waals surface area contributed by atoms with Gasteiger partial charge in [0.05, 0.1) is 10.5 Å². The van der Waals surface area contributed by atoms with Crippen LogP contribution in [0.1, 0.15) is 18.4 Å². The fraction of sp³-hybridized carbons (Fsp3) is 0.417. The Balaban J connectivity index is 2.37. The first-order valence-electron chi connectivity index (χ1n) is 5.90. The Labute approximate surface area is 111 Å². The summed E-state index contributed by atoms with van der Waals surface area (Å²) in [5.41, 5.74) is 5.49. The molecule has 1 fully saturated rings. The molecule has 0 bridgehead atoms. The van der Waals surface area contributed by atoms with Gasteiger partial charge in [-0.3, -0.25) is 0 Å². The van der Waals surface area contributed by atoms with Gasteiger partial charge in [0, 0.05) is 19.1 Å². The van der Waals surface area contributed by atoms with Crippen molar-refractivity contribution in [3.8, 4) is 6.07 Å². The van der Waals surface area contributed by atoms with Crippen LogP contribution in [0.2, 0.25) is 0 Å². The zero-order chi connectivity index (χ0) is 14.0. The summed E-state index contributed by atoms with van der Waals surface area (Å²) in [5, 5.41) is 8.74. The van der Waals surface area contributed by atoms with E-state index in [2.05, 4.69) is 0 Å². The van der Waals surface area contributed by atoms with Gasteiger partial charge in [-0.1, -0.05) is 0 Å². The minimum absolute atomic E-state index is 0.0699. The highest BCUT2D eigenvalue weighted by Gasteiger charge is 2.29. The number of nitrogens with two attached hydrogens (primary N) is 1. The van der Waals surface area contributed by atoms with Crippen molar-refractivity contribution < 1.29 is 12.8 Å². The lowest BCUT2D eigenvalue weighted by Crippen LogP contribution is -2.45. The quantitative estimate of drug-likeness (QED) is 0.870. The highest BCUT2D eigenvalue weighted by Crippen LogP contribution is 2.22. The van der Waals surface area contributed by atoms with E-state index in [1.165, 1.54) is 10.4 Å². The van der Waals surface area contributed by atoms with Crippen molar-refractivity contribution in [2.45, 2.75) is 23.8 Å². The van der Waals surface area contributed by atoms with E-state index in [0.29, 0.717) is 13.0 Å². The van der Waals surface area contributed by atoms with Gasteiger partial charge < -0.3 is 5.73 Å². The van der Waals surface area contributed by atoms with Crippen LogP contribution in [0.25, 0.3) is 0 Å². The Morgan fingerprint density at radius 1 is 1.47 bits per heavy atom. The summed E-state index contributed by atoms with van der Waals surface area (Å²) in [5.74, 6) is -0.725. The van der Waals surface area contributed by atoms with E-state index >= 15 is 0 Å². The molecule has 102 valence electrons. The molecule has 0 aromatic heterocycles. The molecule has 1 atom stereocenters. The number of nitrogens with zero attached hydrogens (tertiary/aromatic N) is 2. The third-order valence-electron chi connectivity index (χ3n) is 3.12. The van der Waals surface area contributed by atoms with Crippen molar-refractivity contribution in [1.82, 2.24) is 4.31 Å². The second-order valence-corrected chi connectivity index (χ2v) is 6.46. The number of hydrogen-bond acceptors (Lipinski definition) is 4. The van der Waals surface area contributed by atoms with Gasteiger partial charge in [0.25, 0.3) is 0 Å². The van der Waals surface area contributed by atoms with Gasteiger partial charge in [-0.25, -0.2) is 12.8 Å². The van der Waals surface area contributed by atoms with Gasteiger partial charge in [-0.15, -0.1) is 0 Å². The van der Waals surface area contributed by atoms with Crippen molar-refractivity contribution in [2.24, 2.45) is 5.73 Å². The van der Waals surface area contributed by atoms with Crippen molar-refractivity contribution in [3.63, 3.8) is 0 Å². The molecule has 1 heterocycles. The van der Waals surface area contributed by atoms with E-state index in [0.717, 1.165) is 18.6 Å². The van der Waals surface area contributed by atoms with Crippen LogP contribution >= 0.6 is 0 Å². The second-order valence-electron chi connectivity index (χ2n) is 4.52. The molecule has 0 aliphatic carbocycles. The number of nitriles is 1. The van der Waals surface area contributed by atoms with Gasteiger partial charge in [-0.2, -0.15) is 9.57 Å². The molecule has 0 spiro atoms. The average molecular weight is 283 g/mol. The Kier molecular flexibility index (Phi) is 3.85. The molecule has 0 amide bonds. The van der Waals surface area contributed by atoms with Gasteiger partial charge in [0.2, 0.25) is 10.0 Å². The number of rotatable bonds is 2.